The zero-order valence-corrected chi connectivity index (χ0v) is 24.0. The van der Waals surface area contributed by atoms with Gasteiger partial charge in [0, 0.05) is 18.0 Å². The fraction of sp³-hybridized carbons (Fsp3) is 0.536. The average molecular weight is 580 g/mol. The van der Waals surface area contributed by atoms with Crippen LogP contribution in [0.15, 0.2) is 35.5 Å². The number of aromatic nitrogens is 1. The van der Waals surface area contributed by atoms with Gasteiger partial charge >= 0.3 is 12.1 Å². The fourth-order valence-corrected chi connectivity index (χ4v) is 6.35. The van der Waals surface area contributed by atoms with Crippen molar-refractivity contribution in [3.05, 3.63) is 52.2 Å². The van der Waals surface area contributed by atoms with Gasteiger partial charge < -0.3 is 26.0 Å². The quantitative estimate of drug-likeness (QED) is 0.326. The topological polar surface area (TPSA) is 149 Å². The predicted octanol–water partition coefficient (Wildman–Crippen LogP) is 3.94. The number of benzene rings is 1. The van der Waals surface area contributed by atoms with Crippen LogP contribution in [0.1, 0.15) is 56.2 Å². The second-order valence-electron chi connectivity index (χ2n) is 10.3. The van der Waals surface area contributed by atoms with Crippen LogP contribution in [0.4, 0.5) is 5.69 Å². The van der Waals surface area contributed by atoms with E-state index >= 15 is 0 Å². The minimum atomic E-state index is -1.63. The molecule has 1 aliphatic heterocycles. The molecule has 2 heterocycles. The lowest BCUT2D eigenvalue weighted by molar-refractivity contribution is -0.191. The number of aliphatic hydroxyl groups is 2. The standard InChI is InChI=1S/C24H32ClN3S.C3H6O4.CO2/c1-24(2)11-3-4-19(14-24)29-22-8-5-17(15-27-22)16-28-23-20-10-13-26-12-9-18(20)6-7-21(23)25;4-1-2(5)3(6)7;2-1-3/h5-8,15,19,26,28H,3-4,9-14,16H2,1-2H3;2,4-5H,1H2,(H,6,7);/t;2-;/m.1./s1. The summed E-state index contributed by atoms with van der Waals surface area (Å²) in [7, 11) is 0. The summed E-state index contributed by atoms with van der Waals surface area (Å²) < 4.78 is 0. The summed E-state index contributed by atoms with van der Waals surface area (Å²) in [5.41, 5.74) is 5.53. The molecule has 5 N–H and O–H groups in total. The van der Waals surface area contributed by atoms with E-state index in [0.29, 0.717) is 10.7 Å². The van der Waals surface area contributed by atoms with Crippen molar-refractivity contribution in [1.82, 2.24) is 10.3 Å². The number of pyridine rings is 1. The Morgan fingerprint density at radius 1 is 1.26 bits per heavy atom. The molecule has 1 aromatic carbocycles. The number of rotatable bonds is 7. The maximum atomic E-state index is 9.52. The smallest absolute Gasteiger partial charge is 0.373 e. The number of carbonyl (C=O) groups excluding carboxylic acids is 2. The van der Waals surface area contributed by atoms with Gasteiger partial charge in [-0.1, -0.05) is 44.0 Å². The average Bonchev–Trinajstić information content (AvgIpc) is 3.14. The molecule has 1 fully saturated rings. The van der Waals surface area contributed by atoms with Crippen LogP contribution in [0.25, 0.3) is 0 Å². The first-order valence-corrected chi connectivity index (χ1v) is 14.2. The van der Waals surface area contributed by atoms with E-state index in [4.69, 9.17) is 41.5 Å². The maximum absolute atomic E-state index is 9.52. The molecule has 0 spiro atoms. The first kappa shape index (κ1) is 32.8. The lowest BCUT2D eigenvalue weighted by Crippen LogP contribution is -2.24. The first-order chi connectivity index (χ1) is 18.6. The number of carboxylic acid groups (broad SMARTS) is 1. The molecule has 1 unspecified atom stereocenters. The summed E-state index contributed by atoms with van der Waals surface area (Å²) in [4.78, 5) is 30.5. The summed E-state index contributed by atoms with van der Waals surface area (Å²) in [5.74, 6) is -1.40. The highest BCUT2D eigenvalue weighted by molar-refractivity contribution is 7.99. The lowest BCUT2D eigenvalue weighted by atomic mass is 9.77. The molecule has 214 valence electrons. The molecule has 0 radical (unpaired) electrons. The molecule has 2 atom stereocenters. The number of carboxylic acids is 1. The van der Waals surface area contributed by atoms with Crippen LogP contribution in [0.5, 0.6) is 0 Å². The molecule has 1 aromatic heterocycles. The number of hydrogen-bond acceptors (Lipinski definition) is 9. The van der Waals surface area contributed by atoms with Gasteiger partial charge in [-0.05, 0) is 79.4 Å². The Hall–Kier alpha value is -2.46. The zero-order chi connectivity index (χ0) is 28.8. The number of nitrogens with one attached hydrogen (secondary N) is 2. The van der Waals surface area contributed by atoms with Crippen molar-refractivity contribution < 1.29 is 29.7 Å². The van der Waals surface area contributed by atoms with Crippen molar-refractivity contribution in [2.75, 3.05) is 25.0 Å². The van der Waals surface area contributed by atoms with Crippen molar-refractivity contribution in [2.45, 2.75) is 75.3 Å². The van der Waals surface area contributed by atoms with Gasteiger partial charge in [-0.25, -0.2) is 9.78 Å². The summed E-state index contributed by atoms with van der Waals surface area (Å²) in [6, 6.07) is 8.58. The molecule has 1 saturated carbocycles. The van der Waals surface area contributed by atoms with Gasteiger partial charge in [-0.15, -0.1) is 11.8 Å². The number of aliphatic carboxylic acids is 1. The highest BCUT2D eigenvalue weighted by Gasteiger charge is 2.28. The van der Waals surface area contributed by atoms with Gasteiger partial charge in [-0.2, -0.15) is 9.59 Å². The molecule has 39 heavy (non-hydrogen) atoms. The molecule has 2 aromatic rings. The van der Waals surface area contributed by atoms with Crippen LogP contribution in [-0.4, -0.2) is 63.5 Å². The number of nitrogens with zero attached hydrogens (tertiary/aromatic N) is 1. The molecule has 0 bridgehead atoms. The largest absolute Gasteiger partial charge is 0.479 e. The minimum Gasteiger partial charge on any atom is -0.479 e. The van der Waals surface area contributed by atoms with E-state index in [1.54, 1.807) is 0 Å². The SMILES string of the molecule is CC1(C)CCCC(Sc2ccc(CNc3c(Cl)ccc4c3CCNCC4)cn2)C1.O=C(O)[C@H](O)CO.O=C=O. The Kier molecular flexibility index (Phi) is 13.9. The van der Waals surface area contributed by atoms with Crippen LogP contribution >= 0.6 is 23.4 Å². The van der Waals surface area contributed by atoms with E-state index in [9.17, 15) is 4.79 Å². The Bertz CT molecular complexity index is 1090. The van der Waals surface area contributed by atoms with Gasteiger partial charge in [0.05, 0.1) is 22.3 Å². The number of carbonyl (C=O) groups is 1. The highest BCUT2D eigenvalue weighted by Crippen LogP contribution is 2.42. The van der Waals surface area contributed by atoms with Gasteiger partial charge in [0.15, 0.2) is 6.10 Å². The van der Waals surface area contributed by atoms with Crippen LogP contribution in [0.2, 0.25) is 5.02 Å². The molecule has 0 saturated heterocycles. The van der Waals surface area contributed by atoms with E-state index in [1.165, 1.54) is 42.4 Å². The zero-order valence-electron chi connectivity index (χ0n) is 22.4. The summed E-state index contributed by atoms with van der Waals surface area (Å²) >= 11 is 8.49. The van der Waals surface area contributed by atoms with E-state index in [0.717, 1.165) is 48.2 Å². The Morgan fingerprint density at radius 2 is 1.97 bits per heavy atom. The maximum Gasteiger partial charge on any atom is 0.373 e. The van der Waals surface area contributed by atoms with Gasteiger partial charge in [0.25, 0.3) is 0 Å². The molecule has 11 heteroatoms. The van der Waals surface area contributed by atoms with Crippen molar-refractivity contribution >= 4 is 41.2 Å². The Labute approximate surface area is 238 Å². The van der Waals surface area contributed by atoms with E-state index in [-0.39, 0.29) is 6.15 Å². The molecular formula is C28H38ClN3O6S. The second kappa shape index (κ2) is 16.6. The summed E-state index contributed by atoms with van der Waals surface area (Å²) in [6.07, 6.45) is 8.01. The third-order valence-corrected chi connectivity index (χ3v) is 8.19. The van der Waals surface area contributed by atoms with Crippen molar-refractivity contribution in [3.63, 3.8) is 0 Å². The van der Waals surface area contributed by atoms with Crippen molar-refractivity contribution in [3.8, 4) is 0 Å². The third kappa shape index (κ3) is 11.3. The van der Waals surface area contributed by atoms with Crippen molar-refractivity contribution in [1.29, 1.82) is 0 Å². The molecule has 0 amide bonds. The van der Waals surface area contributed by atoms with Gasteiger partial charge in [-0.3, -0.25) is 0 Å². The van der Waals surface area contributed by atoms with E-state index < -0.39 is 18.7 Å². The number of aliphatic hydroxyl groups excluding tert-OH is 2. The highest BCUT2D eigenvalue weighted by atomic mass is 35.5. The minimum absolute atomic E-state index is 0.250. The van der Waals surface area contributed by atoms with E-state index in [2.05, 4.69) is 42.7 Å². The van der Waals surface area contributed by atoms with Crippen molar-refractivity contribution in [2.24, 2.45) is 5.41 Å². The second-order valence-corrected chi connectivity index (χ2v) is 12.0. The van der Waals surface area contributed by atoms with Crippen LogP contribution in [0, 0.1) is 5.41 Å². The predicted molar refractivity (Wildman–Crippen MR) is 151 cm³/mol. The molecular weight excluding hydrogens is 542 g/mol. The molecule has 1 aliphatic carbocycles. The van der Waals surface area contributed by atoms with Crippen LogP contribution in [-0.2, 0) is 33.8 Å². The monoisotopic (exact) mass is 579 g/mol. The normalized spacial score (nSPS) is 18.4. The third-order valence-electron chi connectivity index (χ3n) is 6.65. The van der Waals surface area contributed by atoms with Crippen LogP contribution < -0.4 is 10.6 Å². The van der Waals surface area contributed by atoms with E-state index in [1.807, 2.05) is 24.0 Å². The number of thioether (sulfide) groups is 1. The van der Waals surface area contributed by atoms with Crippen LogP contribution in [0.3, 0.4) is 0 Å². The number of anilines is 1. The lowest BCUT2D eigenvalue weighted by Gasteiger charge is -2.34. The Balaban J connectivity index is 0.000000459. The summed E-state index contributed by atoms with van der Waals surface area (Å²) in [6.45, 7) is 6.86. The molecule has 2 aliphatic rings. The number of hydrogen-bond donors (Lipinski definition) is 5. The number of fused-ring (bicyclic) bond motifs is 1. The summed E-state index contributed by atoms with van der Waals surface area (Å²) in [5, 5.41) is 33.5. The fourth-order valence-electron chi connectivity index (χ4n) is 4.69. The van der Waals surface area contributed by atoms with Gasteiger partial charge in [0.2, 0.25) is 0 Å². The van der Waals surface area contributed by atoms with Gasteiger partial charge in [0.1, 0.15) is 0 Å². The molecule has 9 nitrogen and oxygen atoms in total. The first-order valence-electron chi connectivity index (χ1n) is 13.0. The Morgan fingerprint density at radius 3 is 2.56 bits per heavy atom. The molecule has 4 rings (SSSR count). The number of halogens is 1.